The SMILES string of the molecule is CCOC(=O)c1ccnc(Oc2ccc(NCC(O)CCl)cc2)c1. The van der Waals surface area contributed by atoms with E-state index in [-0.39, 0.29) is 5.88 Å². The number of pyridine rings is 1. The lowest BCUT2D eigenvalue weighted by Gasteiger charge is -2.11. The molecule has 128 valence electrons. The standard InChI is InChI=1S/C17H19ClN2O4/c1-2-23-17(22)12-7-8-19-16(9-12)24-15-5-3-13(4-6-15)20-11-14(21)10-18/h3-9,14,20-21H,2,10-11H2,1H3. The quantitative estimate of drug-likeness (QED) is 0.562. The van der Waals surface area contributed by atoms with Crippen molar-refractivity contribution in [2.75, 3.05) is 24.3 Å². The molecule has 0 bridgehead atoms. The lowest BCUT2D eigenvalue weighted by Crippen LogP contribution is -2.20. The van der Waals surface area contributed by atoms with Gasteiger partial charge in [0.2, 0.25) is 5.88 Å². The number of hydrogen-bond acceptors (Lipinski definition) is 6. The minimum absolute atomic E-state index is 0.177. The summed E-state index contributed by atoms with van der Waals surface area (Å²) in [6, 6.07) is 10.2. The van der Waals surface area contributed by atoms with Crippen molar-refractivity contribution in [3.05, 3.63) is 48.2 Å². The summed E-state index contributed by atoms with van der Waals surface area (Å²) in [7, 11) is 0. The molecule has 2 rings (SSSR count). The molecule has 1 heterocycles. The van der Waals surface area contributed by atoms with Crippen LogP contribution in [-0.4, -0.2) is 41.2 Å². The second-order valence-electron chi connectivity index (χ2n) is 4.92. The van der Waals surface area contributed by atoms with E-state index in [1.54, 1.807) is 25.1 Å². The molecule has 0 aliphatic carbocycles. The van der Waals surface area contributed by atoms with Crippen molar-refractivity contribution in [3.8, 4) is 11.6 Å². The predicted molar refractivity (Wildman–Crippen MR) is 91.9 cm³/mol. The Labute approximate surface area is 145 Å². The average molecular weight is 351 g/mol. The molecule has 0 amide bonds. The van der Waals surface area contributed by atoms with Crippen LogP contribution in [0.1, 0.15) is 17.3 Å². The van der Waals surface area contributed by atoms with Crippen molar-refractivity contribution >= 4 is 23.3 Å². The molecule has 0 saturated heterocycles. The van der Waals surface area contributed by atoms with Gasteiger partial charge in [0.15, 0.2) is 0 Å². The molecule has 1 atom stereocenters. The Hall–Kier alpha value is -2.31. The molecule has 0 aliphatic rings. The van der Waals surface area contributed by atoms with Gasteiger partial charge in [0.1, 0.15) is 5.75 Å². The monoisotopic (exact) mass is 350 g/mol. The number of ether oxygens (including phenoxy) is 2. The van der Waals surface area contributed by atoms with Crippen molar-refractivity contribution < 1.29 is 19.4 Å². The Morgan fingerprint density at radius 2 is 2.08 bits per heavy atom. The first-order valence-electron chi connectivity index (χ1n) is 7.51. The van der Waals surface area contributed by atoms with Gasteiger partial charge in [0, 0.05) is 24.5 Å². The number of anilines is 1. The van der Waals surface area contributed by atoms with Crippen molar-refractivity contribution in [1.29, 1.82) is 0 Å². The van der Waals surface area contributed by atoms with E-state index in [0.717, 1.165) is 5.69 Å². The summed E-state index contributed by atoms with van der Waals surface area (Å²) in [5.74, 6) is 0.643. The minimum Gasteiger partial charge on any atom is -0.462 e. The molecule has 6 nitrogen and oxygen atoms in total. The number of carbonyl (C=O) groups excluding carboxylic acids is 1. The molecule has 0 aliphatic heterocycles. The smallest absolute Gasteiger partial charge is 0.338 e. The summed E-state index contributed by atoms with van der Waals surface area (Å²) in [5, 5.41) is 12.5. The molecule has 0 fully saturated rings. The maximum atomic E-state index is 11.7. The van der Waals surface area contributed by atoms with Crippen LogP contribution < -0.4 is 10.1 Å². The van der Waals surface area contributed by atoms with Gasteiger partial charge in [0.05, 0.1) is 24.2 Å². The van der Waals surface area contributed by atoms with E-state index in [1.807, 2.05) is 12.1 Å². The Morgan fingerprint density at radius 1 is 1.33 bits per heavy atom. The molecule has 0 radical (unpaired) electrons. The van der Waals surface area contributed by atoms with Gasteiger partial charge < -0.3 is 19.9 Å². The van der Waals surface area contributed by atoms with Gasteiger partial charge in [-0.1, -0.05) is 0 Å². The topological polar surface area (TPSA) is 80.7 Å². The highest BCUT2D eigenvalue weighted by Crippen LogP contribution is 2.22. The summed E-state index contributed by atoms with van der Waals surface area (Å²) >= 11 is 5.54. The third-order valence-corrected chi connectivity index (χ3v) is 3.40. The molecule has 2 N–H and O–H groups in total. The number of aliphatic hydroxyl groups is 1. The molecule has 0 spiro atoms. The number of carbonyl (C=O) groups is 1. The van der Waals surface area contributed by atoms with E-state index >= 15 is 0 Å². The summed E-state index contributed by atoms with van der Waals surface area (Å²) in [6.45, 7) is 2.43. The highest BCUT2D eigenvalue weighted by Gasteiger charge is 2.09. The van der Waals surface area contributed by atoms with Crippen LogP contribution in [0.2, 0.25) is 0 Å². The van der Waals surface area contributed by atoms with E-state index in [0.29, 0.717) is 30.3 Å². The zero-order valence-electron chi connectivity index (χ0n) is 13.2. The van der Waals surface area contributed by atoms with Crippen LogP contribution in [0.15, 0.2) is 42.6 Å². The Morgan fingerprint density at radius 3 is 2.75 bits per heavy atom. The molecular formula is C17H19ClN2O4. The second kappa shape index (κ2) is 9.10. The van der Waals surface area contributed by atoms with Crippen LogP contribution in [0.3, 0.4) is 0 Å². The Balaban J connectivity index is 1.98. The number of rotatable bonds is 8. The van der Waals surface area contributed by atoms with E-state index < -0.39 is 12.1 Å². The fourth-order valence-corrected chi connectivity index (χ4v) is 1.97. The first kappa shape index (κ1) is 18.0. The molecule has 0 saturated carbocycles. The fourth-order valence-electron chi connectivity index (χ4n) is 1.86. The highest BCUT2D eigenvalue weighted by molar-refractivity contribution is 6.18. The van der Waals surface area contributed by atoms with Gasteiger partial charge in [0.25, 0.3) is 0 Å². The predicted octanol–water partition coefficient (Wildman–Crippen LogP) is 3.06. The van der Waals surface area contributed by atoms with Gasteiger partial charge in [-0.15, -0.1) is 11.6 Å². The molecule has 7 heteroatoms. The second-order valence-corrected chi connectivity index (χ2v) is 5.23. The molecule has 24 heavy (non-hydrogen) atoms. The zero-order valence-corrected chi connectivity index (χ0v) is 14.0. The number of aromatic nitrogens is 1. The van der Waals surface area contributed by atoms with Crippen LogP contribution in [0.25, 0.3) is 0 Å². The summed E-state index contributed by atoms with van der Waals surface area (Å²) in [6.07, 6.45) is 0.892. The summed E-state index contributed by atoms with van der Waals surface area (Å²) < 4.78 is 10.6. The van der Waals surface area contributed by atoms with Crippen molar-refractivity contribution in [3.63, 3.8) is 0 Å². The largest absolute Gasteiger partial charge is 0.462 e. The van der Waals surface area contributed by atoms with E-state index in [1.165, 1.54) is 12.3 Å². The number of nitrogens with one attached hydrogen (secondary N) is 1. The van der Waals surface area contributed by atoms with Gasteiger partial charge >= 0.3 is 5.97 Å². The lowest BCUT2D eigenvalue weighted by atomic mass is 10.2. The molecule has 1 aromatic heterocycles. The number of halogens is 1. The zero-order chi connectivity index (χ0) is 17.4. The number of aliphatic hydroxyl groups excluding tert-OH is 1. The molecule has 2 aromatic rings. The van der Waals surface area contributed by atoms with Gasteiger partial charge in [-0.25, -0.2) is 9.78 Å². The number of hydrogen-bond donors (Lipinski definition) is 2. The maximum absolute atomic E-state index is 11.7. The third kappa shape index (κ3) is 5.40. The van der Waals surface area contributed by atoms with Gasteiger partial charge in [-0.2, -0.15) is 0 Å². The van der Waals surface area contributed by atoms with Crippen LogP contribution in [0.4, 0.5) is 5.69 Å². The average Bonchev–Trinajstić information content (AvgIpc) is 2.61. The first-order chi connectivity index (χ1) is 11.6. The fraction of sp³-hybridized carbons (Fsp3) is 0.294. The molecule has 1 aromatic carbocycles. The van der Waals surface area contributed by atoms with Gasteiger partial charge in [-0.05, 0) is 37.3 Å². The van der Waals surface area contributed by atoms with Crippen molar-refractivity contribution in [2.45, 2.75) is 13.0 Å². The highest BCUT2D eigenvalue weighted by atomic mass is 35.5. The van der Waals surface area contributed by atoms with Crippen LogP contribution in [-0.2, 0) is 4.74 Å². The first-order valence-corrected chi connectivity index (χ1v) is 8.04. The number of alkyl halides is 1. The Kier molecular flexibility index (Phi) is 6.84. The molecular weight excluding hydrogens is 332 g/mol. The van der Waals surface area contributed by atoms with Crippen LogP contribution >= 0.6 is 11.6 Å². The van der Waals surface area contributed by atoms with Crippen LogP contribution in [0.5, 0.6) is 11.6 Å². The summed E-state index contributed by atoms with van der Waals surface area (Å²) in [4.78, 5) is 15.8. The van der Waals surface area contributed by atoms with Gasteiger partial charge in [-0.3, -0.25) is 0 Å². The lowest BCUT2D eigenvalue weighted by molar-refractivity contribution is 0.0526. The normalized spacial score (nSPS) is 11.6. The number of nitrogens with zero attached hydrogens (tertiary/aromatic N) is 1. The van der Waals surface area contributed by atoms with E-state index in [2.05, 4.69) is 10.3 Å². The maximum Gasteiger partial charge on any atom is 0.338 e. The summed E-state index contributed by atoms with van der Waals surface area (Å²) in [5.41, 5.74) is 1.22. The Bertz CT molecular complexity index is 664. The molecule has 1 unspecified atom stereocenters. The van der Waals surface area contributed by atoms with Crippen molar-refractivity contribution in [2.24, 2.45) is 0 Å². The van der Waals surface area contributed by atoms with E-state index in [9.17, 15) is 9.90 Å². The van der Waals surface area contributed by atoms with E-state index in [4.69, 9.17) is 21.1 Å². The minimum atomic E-state index is -0.600. The van der Waals surface area contributed by atoms with Crippen molar-refractivity contribution in [1.82, 2.24) is 4.98 Å². The third-order valence-electron chi connectivity index (χ3n) is 3.04. The van der Waals surface area contributed by atoms with Crippen LogP contribution in [0, 0.1) is 0 Å². The number of benzene rings is 1. The number of esters is 1.